The average Bonchev–Trinajstić information content (AvgIpc) is 3.18. The van der Waals surface area contributed by atoms with Gasteiger partial charge < -0.3 is 5.32 Å². The third-order valence-corrected chi connectivity index (χ3v) is 5.44. The van der Waals surface area contributed by atoms with Crippen LogP contribution in [-0.4, -0.2) is 20.7 Å². The summed E-state index contributed by atoms with van der Waals surface area (Å²) in [5, 5.41) is 10.8. The standard InChI is InChI=1S/C15H18N4OS/c1-9-13-11(15-16-6-7-21-15)8-12(20)17-14(13)19(18-9)10-4-2-3-5-10/h6-7,10-11H,2-5,8H2,1H3,(H,17,20). The highest BCUT2D eigenvalue weighted by Gasteiger charge is 2.35. The Kier molecular flexibility index (Phi) is 3.06. The van der Waals surface area contributed by atoms with Crippen LogP contribution in [0.5, 0.6) is 0 Å². The lowest BCUT2D eigenvalue weighted by molar-refractivity contribution is -0.116. The summed E-state index contributed by atoms with van der Waals surface area (Å²) in [4.78, 5) is 16.6. The fourth-order valence-corrected chi connectivity index (χ4v) is 4.35. The molecular weight excluding hydrogens is 284 g/mol. The van der Waals surface area contributed by atoms with Crippen molar-refractivity contribution in [1.82, 2.24) is 14.8 Å². The molecule has 2 aromatic rings. The Morgan fingerprint density at radius 1 is 1.38 bits per heavy atom. The summed E-state index contributed by atoms with van der Waals surface area (Å²) in [6.45, 7) is 2.04. The van der Waals surface area contributed by atoms with E-state index in [2.05, 4.69) is 15.0 Å². The zero-order valence-electron chi connectivity index (χ0n) is 12.0. The van der Waals surface area contributed by atoms with E-state index in [-0.39, 0.29) is 11.8 Å². The lowest BCUT2D eigenvalue weighted by Gasteiger charge is -2.24. The fourth-order valence-electron chi connectivity index (χ4n) is 3.60. The molecule has 21 heavy (non-hydrogen) atoms. The highest BCUT2D eigenvalue weighted by Crippen LogP contribution is 2.42. The molecule has 110 valence electrons. The molecule has 1 aliphatic carbocycles. The number of amides is 1. The van der Waals surface area contributed by atoms with Crippen LogP contribution >= 0.6 is 11.3 Å². The van der Waals surface area contributed by atoms with Gasteiger partial charge >= 0.3 is 0 Å². The van der Waals surface area contributed by atoms with Crippen LogP contribution < -0.4 is 5.32 Å². The van der Waals surface area contributed by atoms with E-state index in [1.807, 2.05) is 18.5 Å². The summed E-state index contributed by atoms with van der Waals surface area (Å²) < 4.78 is 2.06. The Hall–Kier alpha value is -1.69. The number of carbonyl (C=O) groups is 1. The summed E-state index contributed by atoms with van der Waals surface area (Å²) in [6.07, 6.45) is 7.10. The molecule has 0 saturated heterocycles. The topological polar surface area (TPSA) is 59.8 Å². The second kappa shape index (κ2) is 4.94. The summed E-state index contributed by atoms with van der Waals surface area (Å²) in [6, 6.07) is 0.433. The average molecular weight is 302 g/mol. The Bertz CT molecular complexity index is 670. The molecule has 2 aromatic heterocycles. The second-order valence-electron chi connectivity index (χ2n) is 5.91. The summed E-state index contributed by atoms with van der Waals surface area (Å²) in [5.41, 5.74) is 2.19. The molecule has 1 aliphatic heterocycles. The van der Waals surface area contributed by atoms with Crippen molar-refractivity contribution in [2.45, 2.75) is 51.0 Å². The SMILES string of the molecule is Cc1nn(C2CCCC2)c2c1C(c1nccs1)CC(=O)N2. The fraction of sp³-hybridized carbons (Fsp3) is 0.533. The van der Waals surface area contributed by atoms with Gasteiger partial charge in [-0.15, -0.1) is 11.3 Å². The number of fused-ring (bicyclic) bond motifs is 1. The quantitative estimate of drug-likeness (QED) is 0.926. The number of aromatic nitrogens is 3. The van der Waals surface area contributed by atoms with Gasteiger partial charge in [-0.3, -0.25) is 4.79 Å². The first-order valence-corrected chi connectivity index (χ1v) is 8.40. The monoisotopic (exact) mass is 302 g/mol. The van der Waals surface area contributed by atoms with Gasteiger partial charge in [0.2, 0.25) is 5.91 Å². The second-order valence-corrected chi connectivity index (χ2v) is 6.83. The number of rotatable bonds is 2. The Labute approximate surface area is 127 Å². The number of hydrogen-bond acceptors (Lipinski definition) is 4. The maximum absolute atomic E-state index is 12.1. The number of carbonyl (C=O) groups excluding carboxylic acids is 1. The van der Waals surface area contributed by atoms with E-state index in [1.165, 1.54) is 12.8 Å². The number of thiazole rings is 1. The van der Waals surface area contributed by atoms with Crippen molar-refractivity contribution in [3.63, 3.8) is 0 Å². The molecule has 0 spiro atoms. The molecule has 0 radical (unpaired) electrons. The van der Waals surface area contributed by atoms with Gasteiger partial charge in [-0.25, -0.2) is 9.67 Å². The number of nitrogens with one attached hydrogen (secondary N) is 1. The number of nitrogens with zero attached hydrogens (tertiary/aromatic N) is 3. The van der Waals surface area contributed by atoms with Gasteiger partial charge in [0.25, 0.3) is 0 Å². The first-order valence-electron chi connectivity index (χ1n) is 7.52. The van der Waals surface area contributed by atoms with Crippen LogP contribution in [0.15, 0.2) is 11.6 Å². The zero-order chi connectivity index (χ0) is 14.4. The van der Waals surface area contributed by atoms with Gasteiger partial charge in [-0.05, 0) is 19.8 Å². The van der Waals surface area contributed by atoms with E-state index < -0.39 is 0 Å². The van der Waals surface area contributed by atoms with Crippen molar-refractivity contribution in [3.05, 3.63) is 27.8 Å². The molecule has 1 amide bonds. The van der Waals surface area contributed by atoms with Gasteiger partial charge in [0, 0.05) is 23.6 Å². The minimum Gasteiger partial charge on any atom is -0.311 e. The van der Waals surface area contributed by atoms with Gasteiger partial charge in [0.05, 0.1) is 17.7 Å². The Balaban J connectivity index is 1.82. The van der Waals surface area contributed by atoms with Crippen LogP contribution in [0.3, 0.4) is 0 Å². The summed E-state index contributed by atoms with van der Waals surface area (Å²) >= 11 is 1.62. The van der Waals surface area contributed by atoms with Gasteiger partial charge in [-0.1, -0.05) is 12.8 Å². The van der Waals surface area contributed by atoms with Crippen LogP contribution in [0.25, 0.3) is 0 Å². The molecule has 0 bridgehead atoms. The van der Waals surface area contributed by atoms with E-state index in [0.717, 1.165) is 34.9 Å². The predicted octanol–water partition coefficient (Wildman–Crippen LogP) is 3.24. The zero-order valence-corrected chi connectivity index (χ0v) is 12.8. The van der Waals surface area contributed by atoms with E-state index in [1.54, 1.807) is 11.3 Å². The molecule has 5 nitrogen and oxygen atoms in total. The van der Waals surface area contributed by atoms with Crippen molar-refractivity contribution in [1.29, 1.82) is 0 Å². The van der Waals surface area contributed by atoms with E-state index in [9.17, 15) is 4.79 Å². The lowest BCUT2D eigenvalue weighted by Crippen LogP contribution is -2.25. The number of aryl methyl sites for hydroxylation is 1. The minimum absolute atomic E-state index is 0.0592. The molecule has 1 atom stereocenters. The van der Waals surface area contributed by atoms with Crippen molar-refractivity contribution < 1.29 is 4.79 Å². The molecular formula is C15H18N4OS. The molecule has 1 fully saturated rings. The van der Waals surface area contributed by atoms with Crippen LogP contribution in [0.4, 0.5) is 5.82 Å². The van der Waals surface area contributed by atoms with Crippen LogP contribution in [-0.2, 0) is 4.79 Å². The van der Waals surface area contributed by atoms with Crippen molar-refractivity contribution in [2.24, 2.45) is 0 Å². The Morgan fingerprint density at radius 2 is 2.19 bits per heavy atom. The Morgan fingerprint density at radius 3 is 2.90 bits per heavy atom. The number of anilines is 1. The van der Waals surface area contributed by atoms with Crippen LogP contribution in [0.1, 0.15) is 60.3 Å². The highest BCUT2D eigenvalue weighted by molar-refractivity contribution is 7.09. The molecule has 1 N–H and O–H groups in total. The maximum atomic E-state index is 12.1. The highest BCUT2D eigenvalue weighted by atomic mass is 32.1. The van der Waals surface area contributed by atoms with Gasteiger partial charge in [0.1, 0.15) is 10.8 Å². The van der Waals surface area contributed by atoms with Crippen molar-refractivity contribution in [3.8, 4) is 0 Å². The van der Waals surface area contributed by atoms with Gasteiger partial charge in [0.15, 0.2) is 0 Å². The van der Waals surface area contributed by atoms with E-state index in [4.69, 9.17) is 5.10 Å². The van der Waals surface area contributed by atoms with E-state index >= 15 is 0 Å². The van der Waals surface area contributed by atoms with Crippen molar-refractivity contribution in [2.75, 3.05) is 5.32 Å². The first-order chi connectivity index (χ1) is 10.2. The molecule has 1 unspecified atom stereocenters. The largest absolute Gasteiger partial charge is 0.311 e. The van der Waals surface area contributed by atoms with Crippen LogP contribution in [0, 0.1) is 6.92 Å². The molecule has 3 heterocycles. The third-order valence-electron chi connectivity index (χ3n) is 4.55. The minimum atomic E-state index is 0.0592. The summed E-state index contributed by atoms with van der Waals surface area (Å²) in [7, 11) is 0. The van der Waals surface area contributed by atoms with Crippen molar-refractivity contribution >= 4 is 23.1 Å². The first kappa shape index (κ1) is 13.0. The smallest absolute Gasteiger partial charge is 0.226 e. The third kappa shape index (κ3) is 2.09. The normalized spacial score (nSPS) is 22.3. The van der Waals surface area contributed by atoms with E-state index in [0.29, 0.717) is 12.5 Å². The predicted molar refractivity (Wildman–Crippen MR) is 81.7 cm³/mol. The molecule has 0 aromatic carbocycles. The molecule has 2 aliphatic rings. The maximum Gasteiger partial charge on any atom is 0.226 e. The summed E-state index contributed by atoms with van der Waals surface area (Å²) in [5.74, 6) is 1.04. The molecule has 1 saturated carbocycles. The van der Waals surface area contributed by atoms with Gasteiger partial charge in [-0.2, -0.15) is 5.10 Å². The van der Waals surface area contributed by atoms with Crippen LogP contribution in [0.2, 0.25) is 0 Å². The number of hydrogen-bond donors (Lipinski definition) is 1. The lowest BCUT2D eigenvalue weighted by atomic mass is 9.92. The molecule has 6 heteroatoms. The molecule has 4 rings (SSSR count).